The van der Waals surface area contributed by atoms with E-state index in [1.165, 1.54) is 18.2 Å². The number of fused-ring (bicyclic) bond motifs is 1. The molecule has 0 saturated heterocycles. The molecule has 0 saturated carbocycles. The van der Waals surface area contributed by atoms with Crippen LogP contribution in [0.15, 0.2) is 41.3 Å². The molecule has 1 aromatic heterocycles. The van der Waals surface area contributed by atoms with Crippen molar-refractivity contribution in [2.75, 3.05) is 5.75 Å². The highest BCUT2D eigenvalue weighted by Gasteiger charge is 2.23. The molecule has 3 aromatic rings. The monoisotopic (exact) mass is 508 g/mol. The highest BCUT2D eigenvalue weighted by atomic mass is 35.5. The summed E-state index contributed by atoms with van der Waals surface area (Å²) in [6.45, 7) is 6.63. The molecular formula is C24H26ClFN2O5S. The first-order chi connectivity index (χ1) is 15.8. The largest absolute Gasteiger partial charge is 0.462 e. The van der Waals surface area contributed by atoms with Crippen LogP contribution in [-0.2, 0) is 26.4 Å². The van der Waals surface area contributed by atoms with E-state index in [1.54, 1.807) is 57.5 Å². The van der Waals surface area contributed by atoms with Gasteiger partial charge in [0.2, 0.25) is 0 Å². The number of esters is 1. The van der Waals surface area contributed by atoms with Crippen molar-refractivity contribution >= 4 is 44.2 Å². The van der Waals surface area contributed by atoms with E-state index < -0.39 is 45.4 Å². The van der Waals surface area contributed by atoms with Crippen LogP contribution in [-0.4, -0.2) is 36.7 Å². The summed E-state index contributed by atoms with van der Waals surface area (Å²) in [5, 5.41) is 3.26. The molecule has 10 heteroatoms. The van der Waals surface area contributed by atoms with Crippen LogP contribution in [0.1, 0.15) is 48.4 Å². The smallest absolute Gasteiger partial charge is 0.321 e. The van der Waals surface area contributed by atoms with Gasteiger partial charge in [-0.1, -0.05) is 23.7 Å². The van der Waals surface area contributed by atoms with Crippen LogP contribution in [0.4, 0.5) is 4.39 Å². The third kappa shape index (κ3) is 5.26. The van der Waals surface area contributed by atoms with Gasteiger partial charge in [-0.2, -0.15) is 0 Å². The Kier molecular flexibility index (Phi) is 7.38. The van der Waals surface area contributed by atoms with Crippen molar-refractivity contribution in [3.8, 4) is 0 Å². The Morgan fingerprint density at radius 1 is 1.15 bits per heavy atom. The first-order valence-electron chi connectivity index (χ1n) is 10.6. The number of nitrogens with zero attached hydrogens (tertiary/aromatic N) is 1. The van der Waals surface area contributed by atoms with Crippen LogP contribution < -0.4 is 5.32 Å². The molecule has 0 fully saturated rings. The lowest BCUT2D eigenvalue weighted by Gasteiger charge is -2.15. The van der Waals surface area contributed by atoms with E-state index in [2.05, 4.69) is 5.32 Å². The zero-order chi connectivity index (χ0) is 25.4. The van der Waals surface area contributed by atoms with Crippen LogP contribution in [0.2, 0.25) is 5.02 Å². The van der Waals surface area contributed by atoms with E-state index in [4.69, 9.17) is 16.3 Å². The number of sulfone groups is 1. The van der Waals surface area contributed by atoms with Crippen LogP contribution in [0.5, 0.6) is 0 Å². The van der Waals surface area contributed by atoms with Crippen molar-refractivity contribution in [3.63, 3.8) is 0 Å². The number of aryl methyl sites for hydroxylation is 2. The zero-order valence-corrected chi connectivity index (χ0v) is 21.1. The molecule has 0 aliphatic carbocycles. The predicted octanol–water partition coefficient (Wildman–Crippen LogP) is 4.50. The average Bonchev–Trinajstić information content (AvgIpc) is 3.07. The summed E-state index contributed by atoms with van der Waals surface area (Å²) in [7, 11) is -2.16. The van der Waals surface area contributed by atoms with Gasteiger partial charge in [0.1, 0.15) is 11.5 Å². The Balaban J connectivity index is 1.77. The molecule has 3 rings (SSSR count). The molecule has 0 bridgehead atoms. The Morgan fingerprint density at radius 2 is 1.76 bits per heavy atom. The second-order valence-corrected chi connectivity index (χ2v) is 10.8. The molecule has 0 radical (unpaired) electrons. The Labute approximate surface area is 202 Å². The van der Waals surface area contributed by atoms with Crippen molar-refractivity contribution in [2.45, 2.75) is 44.7 Å². The van der Waals surface area contributed by atoms with Crippen LogP contribution in [0.25, 0.3) is 10.9 Å². The molecular weight excluding hydrogens is 483 g/mol. The summed E-state index contributed by atoms with van der Waals surface area (Å²) in [6, 6.07) is 8.63. The molecule has 34 heavy (non-hydrogen) atoms. The summed E-state index contributed by atoms with van der Waals surface area (Å²) in [5.74, 6) is -2.48. The molecule has 0 aliphatic heterocycles. The molecule has 7 nitrogen and oxygen atoms in total. The summed E-state index contributed by atoms with van der Waals surface area (Å²) in [4.78, 5) is 24.6. The average molecular weight is 509 g/mol. The van der Waals surface area contributed by atoms with E-state index in [-0.39, 0.29) is 9.92 Å². The number of benzene rings is 2. The number of ether oxygens (including phenoxy) is 1. The van der Waals surface area contributed by atoms with E-state index in [9.17, 15) is 22.4 Å². The van der Waals surface area contributed by atoms with Gasteiger partial charge < -0.3 is 14.6 Å². The van der Waals surface area contributed by atoms with Gasteiger partial charge in [-0.15, -0.1) is 0 Å². The number of rotatable bonds is 7. The second kappa shape index (κ2) is 9.76. The lowest BCUT2D eigenvalue weighted by molar-refractivity contribution is -0.144. The topological polar surface area (TPSA) is 94.5 Å². The SMILES string of the molecule is Cc1cc2c(cc(C(=O)N[C@H](C)c3ccc(S(=O)(=O)CC(=O)OC(C)C)cc3)n2C)c(Cl)c1F. The van der Waals surface area contributed by atoms with Gasteiger partial charge in [0, 0.05) is 12.4 Å². The third-order valence-corrected chi connectivity index (χ3v) is 7.38. The summed E-state index contributed by atoms with van der Waals surface area (Å²) in [5.41, 5.74) is 1.98. The lowest BCUT2D eigenvalue weighted by Crippen LogP contribution is -2.28. The predicted molar refractivity (Wildman–Crippen MR) is 128 cm³/mol. The second-order valence-electron chi connectivity index (χ2n) is 8.40. The number of aromatic nitrogens is 1. The number of nitrogens with one attached hydrogen (secondary N) is 1. The lowest BCUT2D eigenvalue weighted by atomic mass is 10.1. The van der Waals surface area contributed by atoms with E-state index in [0.29, 0.717) is 27.7 Å². The summed E-state index contributed by atoms with van der Waals surface area (Å²) in [6.07, 6.45) is -0.407. The Bertz CT molecular complexity index is 1360. The summed E-state index contributed by atoms with van der Waals surface area (Å²) >= 11 is 6.13. The van der Waals surface area contributed by atoms with Gasteiger partial charge in [0.05, 0.1) is 27.6 Å². The van der Waals surface area contributed by atoms with Crippen LogP contribution in [0, 0.1) is 12.7 Å². The molecule has 0 aliphatic rings. The molecule has 1 heterocycles. The highest BCUT2D eigenvalue weighted by molar-refractivity contribution is 7.92. The van der Waals surface area contributed by atoms with Gasteiger partial charge in [-0.05, 0) is 63.1 Å². The van der Waals surface area contributed by atoms with E-state index in [0.717, 1.165) is 0 Å². The van der Waals surface area contributed by atoms with E-state index in [1.807, 2.05) is 0 Å². The standard InChI is InChI=1S/C24H26ClFN2O5S/c1-13(2)33-21(29)12-34(31,32)17-8-6-16(7-9-17)15(4)27-24(30)20-11-18-19(28(20)5)10-14(3)23(26)22(18)25/h6-11,13,15H,12H2,1-5H3,(H,27,30)/t15-/m1/s1. The molecule has 1 N–H and O–H groups in total. The van der Waals surface area contributed by atoms with Gasteiger partial charge in [-0.25, -0.2) is 12.8 Å². The molecule has 182 valence electrons. The maximum absolute atomic E-state index is 14.2. The molecule has 2 aromatic carbocycles. The molecule has 0 spiro atoms. The minimum Gasteiger partial charge on any atom is -0.462 e. The number of halogens is 2. The van der Waals surface area contributed by atoms with Crippen molar-refractivity contribution < 1.29 is 27.1 Å². The Morgan fingerprint density at radius 3 is 2.35 bits per heavy atom. The van der Waals surface area contributed by atoms with Gasteiger partial charge in [0.15, 0.2) is 15.6 Å². The van der Waals surface area contributed by atoms with Gasteiger partial charge in [-0.3, -0.25) is 9.59 Å². The van der Waals surface area contributed by atoms with Gasteiger partial charge >= 0.3 is 5.97 Å². The third-order valence-electron chi connectivity index (χ3n) is 5.40. The molecule has 1 amide bonds. The molecule has 0 unspecified atom stereocenters. The van der Waals surface area contributed by atoms with Crippen molar-refractivity contribution in [2.24, 2.45) is 7.05 Å². The maximum Gasteiger partial charge on any atom is 0.321 e. The number of carbonyl (C=O) groups excluding carboxylic acids is 2. The van der Waals surface area contributed by atoms with Crippen molar-refractivity contribution in [1.29, 1.82) is 0 Å². The number of hydrogen-bond acceptors (Lipinski definition) is 5. The van der Waals surface area contributed by atoms with Crippen LogP contribution in [0.3, 0.4) is 0 Å². The fourth-order valence-electron chi connectivity index (χ4n) is 3.60. The minimum atomic E-state index is -3.85. The fourth-order valence-corrected chi connectivity index (χ4v) is 5.00. The fraction of sp³-hybridized carbons (Fsp3) is 0.333. The zero-order valence-electron chi connectivity index (χ0n) is 19.5. The van der Waals surface area contributed by atoms with Crippen molar-refractivity contribution in [3.05, 3.63) is 64.1 Å². The first kappa shape index (κ1) is 25.7. The first-order valence-corrected chi connectivity index (χ1v) is 12.6. The maximum atomic E-state index is 14.2. The quantitative estimate of drug-likeness (QED) is 0.474. The number of amides is 1. The Hall–Kier alpha value is -2.91. The normalized spacial score (nSPS) is 12.7. The number of hydrogen-bond donors (Lipinski definition) is 1. The van der Waals surface area contributed by atoms with E-state index >= 15 is 0 Å². The van der Waals surface area contributed by atoms with Crippen molar-refractivity contribution in [1.82, 2.24) is 9.88 Å². The van der Waals surface area contributed by atoms with Gasteiger partial charge in [0.25, 0.3) is 5.91 Å². The minimum absolute atomic E-state index is 0.0174. The van der Waals surface area contributed by atoms with Crippen LogP contribution >= 0.6 is 11.6 Å². The summed E-state index contributed by atoms with van der Waals surface area (Å²) < 4.78 is 45.6. The highest BCUT2D eigenvalue weighted by Crippen LogP contribution is 2.31. The number of carbonyl (C=O) groups is 2. The molecule has 1 atom stereocenters.